The van der Waals surface area contributed by atoms with Gasteiger partial charge in [-0.1, -0.05) is 6.07 Å². The normalized spacial score (nSPS) is 9.90. The topological polar surface area (TPSA) is 70.6 Å². The highest BCUT2D eigenvalue weighted by molar-refractivity contribution is 6.00. The molecule has 0 fully saturated rings. The van der Waals surface area contributed by atoms with Gasteiger partial charge in [0.2, 0.25) is 0 Å². The Morgan fingerprint density at radius 3 is 2.65 bits per heavy atom. The summed E-state index contributed by atoms with van der Waals surface area (Å²) in [4.78, 5) is 11.9. The summed E-state index contributed by atoms with van der Waals surface area (Å²) in [5.74, 6) is 0.838. The number of hydrogen-bond acceptors (Lipinski definition) is 3. The van der Waals surface area contributed by atoms with Gasteiger partial charge in [-0.25, -0.2) is 4.79 Å². The van der Waals surface area contributed by atoms with E-state index in [4.69, 9.17) is 4.74 Å². The molecule has 5 heteroatoms. The summed E-state index contributed by atoms with van der Waals surface area (Å²) in [5, 5.41) is 14.8. The van der Waals surface area contributed by atoms with Crippen molar-refractivity contribution in [1.82, 2.24) is 0 Å². The summed E-state index contributed by atoms with van der Waals surface area (Å²) < 4.78 is 5.09. The molecular weight excluding hydrogens is 256 g/mol. The lowest BCUT2D eigenvalue weighted by Gasteiger charge is -2.10. The predicted octanol–water partition coefficient (Wildman–Crippen LogP) is 3.35. The highest BCUT2D eigenvalue weighted by Gasteiger charge is 2.06. The predicted molar refractivity (Wildman–Crippen MR) is 78.5 cm³/mol. The first kappa shape index (κ1) is 13.7. The first-order chi connectivity index (χ1) is 9.58. The van der Waals surface area contributed by atoms with Crippen LogP contribution in [-0.2, 0) is 0 Å². The fourth-order valence-corrected chi connectivity index (χ4v) is 1.77. The molecule has 0 unspecified atom stereocenters. The van der Waals surface area contributed by atoms with Crippen LogP contribution >= 0.6 is 0 Å². The van der Waals surface area contributed by atoms with E-state index >= 15 is 0 Å². The van der Waals surface area contributed by atoms with Crippen molar-refractivity contribution >= 4 is 17.4 Å². The van der Waals surface area contributed by atoms with Gasteiger partial charge in [0.15, 0.2) is 0 Å². The number of rotatable bonds is 3. The molecule has 0 aromatic heterocycles. The standard InChI is InChI=1S/C15H16N2O3/c1-10-8-12(18)6-7-14(10)17-15(19)16-11-4-3-5-13(9-11)20-2/h3-9,18H,1-2H3,(H2,16,17,19). The monoisotopic (exact) mass is 272 g/mol. The maximum absolute atomic E-state index is 11.9. The number of aromatic hydroxyl groups is 1. The van der Waals surface area contributed by atoms with Gasteiger partial charge in [0, 0.05) is 17.4 Å². The average Bonchev–Trinajstić information content (AvgIpc) is 2.42. The number of benzene rings is 2. The molecule has 2 aromatic carbocycles. The molecule has 2 amide bonds. The highest BCUT2D eigenvalue weighted by atomic mass is 16.5. The molecule has 0 aliphatic carbocycles. The Morgan fingerprint density at radius 1 is 1.15 bits per heavy atom. The molecule has 104 valence electrons. The van der Waals surface area contributed by atoms with Crippen molar-refractivity contribution in [1.29, 1.82) is 0 Å². The van der Waals surface area contributed by atoms with Gasteiger partial charge in [0.1, 0.15) is 11.5 Å². The Morgan fingerprint density at radius 2 is 1.95 bits per heavy atom. The second-order valence-electron chi connectivity index (χ2n) is 4.31. The zero-order valence-electron chi connectivity index (χ0n) is 11.3. The van der Waals surface area contributed by atoms with E-state index in [1.807, 2.05) is 0 Å². The summed E-state index contributed by atoms with van der Waals surface area (Å²) in [5.41, 5.74) is 2.06. The highest BCUT2D eigenvalue weighted by Crippen LogP contribution is 2.21. The molecule has 0 saturated heterocycles. The molecule has 0 aliphatic heterocycles. The van der Waals surface area contributed by atoms with Crippen molar-refractivity contribution in [2.24, 2.45) is 0 Å². The number of hydrogen-bond donors (Lipinski definition) is 3. The molecule has 0 atom stereocenters. The molecule has 0 aliphatic rings. The molecule has 0 heterocycles. The van der Waals surface area contributed by atoms with Crippen LogP contribution in [-0.4, -0.2) is 18.2 Å². The SMILES string of the molecule is COc1cccc(NC(=O)Nc2ccc(O)cc2C)c1. The van der Waals surface area contributed by atoms with E-state index in [9.17, 15) is 9.90 Å². The van der Waals surface area contributed by atoms with Crippen LogP contribution in [0.1, 0.15) is 5.56 Å². The third-order valence-electron chi connectivity index (χ3n) is 2.79. The molecule has 0 bridgehead atoms. The number of phenolic OH excluding ortho intramolecular Hbond substituents is 1. The summed E-state index contributed by atoms with van der Waals surface area (Å²) in [7, 11) is 1.57. The van der Waals surface area contributed by atoms with E-state index in [1.54, 1.807) is 50.4 Å². The Labute approximate surface area is 117 Å². The van der Waals surface area contributed by atoms with Crippen LogP contribution in [0.2, 0.25) is 0 Å². The molecule has 0 saturated carbocycles. The van der Waals surface area contributed by atoms with Crippen LogP contribution in [0.25, 0.3) is 0 Å². The number of anilines is 2. The summed E-state index contributed by atoms with van der Waals surface area (Å²) in [6, 6.07) is 11.5. The van der Waals surface area contributed by atoms with Crippen LogP contribution < -0.4 is 15.4 Å². The van der Waals surface area contributed by atoms with Gasteiger partial charge >= 0.3 is 6.03 Å². The number of methoxy groups -OCH3 is 1. The number of aryl methyl sites for hydroxylation is 1. The van der Waals surface area contributed by atoms with Crippen LogP contribution in [0.15, 0.2) is 42.5 Å². The van der Waals surface area contributed by atoms with E-state index in [0.717, 1.165) is 5.56 Å². The van der Waals surface area contributed by atoms with Gasteiger partial charge in [-0.3, -0.25) is 0 Å². The summed E-state index contributed by atoms with van der Waals surface area (Å²) >= 11 is 0. The maximum Gasteiger partial charge on any atom is 0.323 e. The first-order valence-electron chi connectivity index (χ1n) is 6.10. The van der Waals surface area contributed by atoms with Crippen molar-refractivity contribution in [3.05, 3.63) is 48.0 Å². The number of phenols is 1. The van der Waals surface area contributed by atoms with Crippen molar-refractivity contribution in [3.63, 3.8) is 0 Å². The molecule has 5 nitrogen and oxygen atoms in total. The maximum atomic E-state index is 11.9. The first-order valence-corrected chi connectivity index (χ1v) is 6.10. The second-order valence-corrected chi connectivity index (χ2v) is 4.31. The fraction of sp³-hybridized carbons (Fsp3) is 0.133. The Hall–Kier alpha value is -2.69. The van der Waals surface area contributed by atoms with Gasteiger partial charge in [0.05, 0.1) is 7.11 Å². The van der Waals surface area contributed by atoms with Crippen LogP contribution in [0, 0.1) is 6.92 Å². The van der Waals surface area contributed by atoms with E-state index in [0.29, 0.717) is 17.1 Å². The van der Waals surface area contributed by atoms with Gasteiger partial charge in [-0.2, -0.15) is 0 Å². The van der Waals surface area contributed by atoms with Crippen LogP contribution in [0.4, 0.5) is 16.2 Å². The minimum Gasteiger partial charge on any atom is -0.508 e. The van der Waals surface area contributed by atoms with E-state index in [-0.39, 0.29) is 11.8 Å². The van der Waals surface area contributed by atoms with Gasteiger partial charge < -0.3 is 20.5 Å². The minimum atomic E-state index is -0.355. The summed E-state index contributed by atoms with van der Waals surface area (Å²) in [6.07, 6.45) is 0. The Bertz CT molecular complexity index is 626. The molecule has 2 rings (SSSR count). The van der Waals surface area contributed by atoms with E-state index < -0.39 is 0 Å². The lowest BCUT2D eigenvalue weighted by Crippen LogP contribution is -2.19. The number of carbonyl (C=O) groups excluding carboxylic acids is 1. The lowest BCUT2D eigenvalue weighted by molar-refractivity contribution is 0.262. The zero-order chi connectivity index (χ0) is 14.5. The Balaban J connectivity index is 2.05. The van der Waals surface area contributed by atoms with Gasteiger partial charge in [-0.15, -0.1) is 0 Å². The molecule has 0 radical (unpaired) electrons. The van der Waals surface area contributed by atoms with Crippen LogP contribution in [0.3, 0.4) is 0 Å². The molecular formula is C15H16N2O3. The zero-order valence-corrected chi connectivity index (χ0v) is 11.3. The number of ether oxygens (including phenoxy) is 1. The van der Waals surface area contributed by atoms with Gasteiger partial charge in [0.25, 0.3) is 0 Å². The van der Waals surface area contributed by atoms with E-state index in [2.05, 4.69) is 10.6 Å². The third-order valence-corrected chi connectivity index (χ3v) is 2.79. The molecule has 0 spiro atoms. The minimum absolute atomic E-state index is 0.168. The van der Waals surface area contributed by atoms with Gasteiger partial charge in [-0.05, 0) is 42.8 Å². The quantitative estimate of drug-likeness (QED) is 0.750. The number of nitrogens with one attached hydrogen (secondary N) is 2. The number of carbonyl (C=O) groups is 1. The van der Waals surface area contributed by atoms with Crippen molar-refractivity contribution in [2.75, 3.05) is 17.7 Å². The molecule has 3 N–H and O–H groups in total. The Kier molecular flexibility index (Phi) is 4.10. The number of urea groups is 1. The molecule has 2 aromatic rings. The third kappa shape index (κ3) is 3.41. The second kappa shape index (κ2) is 5.97. The smallest absolute Gasteiger partial charge is 0.323 e. The van der Waals surface area contributed by atoms with Crippen LogP contribution in [0.5, 0.6) is 11.5 Å². The van der Waals surface area contributed by atoms with E-state index in [1.165, 1.54) is 6.07 Å². The lowest BCUT2D eigenvalue weighted by atomic mass is 10.2. The fourth-order valence-electron chi connectivity index (χ4n) is 1.77. The van der Waals surface area contributed by atoms with Crippen molar-refractivity contribution in [2.45, 2.75) is 6.92 Å². The number of amides is 2. The van der Waals surface area contributed by atoms with Crippen molar-refractivity contribution in [3.8, 4) is 11.5 Å². The molecule has 20 heavy (non-hydrogen) atoms. The van der Waals surface area contributed by atoms with Crippen molar-refractivity contribution < 1.29 is 14.6 Å². The summed E-state index contributed by atoms with van der Waals surface area (Å²) in [6.45, 7) is 1.81. The largest absolute Gasteiger partial charge is 0.508 e. The average molecular weight is 272 g/mol.